The third kappa shape index (κ3) is 3.79. The zero-order valence-corrected chi connectivity index (χ0v) is 15.4. The standard InChI is InChI=1S/C21H26O4/c1-5-23-19(22)20-24-13-14-8-6-7-9-16(14)17-11-10-15(21(2,3)4)12-18(17)25-20/h6,8,10-13,18,20H,5,7,9H2,1-4H3/b14-13?,17-16-. The molecule has 0 bridgehead atoms. The van der Waals surface area contributed by atoms with Crippen LogP contribution in [0, 0.1) is 5.41 Å². The van der Waals surface area contributed by atoms with Crippen LogP contribution in [0.4, 0.5) is 0 Å². The first-order valence-corrected chi connectivity index (χ1v) is 8.88. The molecule has 4 nitrogen and oxygen atoms in total. The first kappa shape index (κ1) is 17.7. The van der Waals surface area contributed by atoms with Crippen LogP contribution in [0.15, 0.2) is 58.9 Å². The van der Waals surface area contributed by atoms with Crippen LogP contribution in [0.5, 0.6) is 0 Å². The molecule has 1 aliphatic heterocycles. The first-order valence-electron chi connectivity index (χ1n) is 8.88. The van der Waals surface area contributed by atoms with Crippen molar-refractivity contribution in [2.24, 2.45) is 5.41 Å². The highest BCUT2D eigenvalue weighted by Crippen LogP contribution is 2.37. The molecule has 134 valence electrons. The zero-order chi connectivity index (χ0) is 18.0. The molecule has 2 unspecified atom stereocenters. The maximum Gasteiger partial charge on any atom is 0.376 e. The van der Waals surface area contributed by atoms with Crippen molar-refractivity contribution in [3.63, 3.8) is 0 Å². The Hall–Kier alpha value is -2.07. The third-order valence-corrected chi connectivity index (χ3v) is 4.57. The molecule has 0 N–H and O–H groups in total. The smallest absolute Gasteiger partial charge is 0.376 e. The van der Waals surface area contributed by atoms with E-state index in [1.807, 2.05) is 6.08 Å². The van der Waals surface area contributed by atoms with Crippen molar-refractivity contribution in [2.75, 3.05) is 6.61 Å². The lowest BCUT2D eigenvalue weighted by molar-refractivity contribution is -0.187. The predicted molar refractivity (Wildman–Crippen MR) is 96.5 cm³/mol. The largest absolute Gasteiger partial charge is 0.461 e. The number of esters is 1. The molecule has 0 spiro atoms. The van der Waals surface area contributed by atoms with Crippen molar-refractivity contribution >= 4 is 5.97 Å². The molecule has 2 atom stereocenters. The fraction of sp³-hybridized carbons (Fsp3) is 0.476. The molecule has 0 radical (unpaired) electrons. The van der Waals surface area contributed by atoms with Crippen LogP contribution >= 0.6 is 0 Å². The normalized spacial score (nSPS) is 28.6. The number of carbonyl (C=O) groups excluding carboxylic acids is 1. The van der Waals surface area contributed by atoms with E-state index < -0.39 is 12.3 Å². The number of fused-ring (bicyclic) bond motifs is 2. The predicted octanol–water partition coefficient (Wildman–Crippen LogP) is 4.36. The summed E-state index contributed by atoms with van der Waals surface area (Å²) in [5.74, 6) is -0.498. The van der Waals surface area contributed by atoms with E-state index in [0.29, 0.717) is 6.61 Å². The number of hydrogen-bond donors (Lipinski definition) is 0. The lowest BCUT2D eigenvalue weighted by Crippen LogP contribution is -2.35. The Bertz CT molecular complexity index is 698. The molecule has 0 saturated carbocycles. The van der Waals surface area contributed by atoms with Crippen LogP contribution in [0.2, 0.25) is 0 Å². The first-order chi connectivity index (χ1) is 11.9. The van der Waals surface area contributed by atoms with Crippen LogP contribution in [0.3, 0.4) is 0 Å². The van der Waals surface area contributed by atoms with E-state index in [2.05, 4.69) is 45.1 Å². The summed E-state index contributed by atoms with van der Waals surface area (Å²) in [5.41, 5.74) is 4.50. The Kier molecular flexibility index (Phi) is 5.00. The summed E-state index contributed by atoms with van der Waals surface area (Å²) in [7, 11) is 0. The number of allylic oxidation sites excluding steroid dienone is 6. The van der Waals surface area contributed by atoms with Gasteiger partial charge in [-0.2, -0.15) is 0 Å². The number of rotatable bonds is 2. The number of ether oxygens (including phenoxy) is 3. The van der Waals surface area contributed by atoms with E-state index in [9.17, 15) is 4.79 Å². The van der Waals surface area contributed by atoms with Gasteiger partial charge in [-0.15, -0.1) is 0 Å². The molecular formula is C21H26O4. The summed E-state index contributed by atoms with van der Waals surface area (Å²) in [6, 6.07) is 0. The second-order valence-electron chi connectivity index (χ2n) is 7.43. The second-order valence-corrected chi connectivity index (χ2v) is 7.43. The van der Waals surface area contributed by atoms with E-state index in [1.54, 1.807) is 13.2 Å². The van der Waals surface area contributed by atoms with Gasteiger partial charge in [0.2, 0.25) is 0 Å². The monoisotopic (exact) mass is 342 g/mol. The Morgan fingerprint density at radius 3 is 2.80 bits per heavy atom. The topological polar surface area (TPSA) is 44.8 Å². The summed E-state index contributed by atoms with van der Waals surface area (Å²) in [5, 5.41) is 0. The highest BCUT2D eigenvalue weighted by atomic mass is 16.7. The lowest BCUT2D eigenvalue weighted by atomic mass is 9.79. The van der Waals surface area contributed by atoms with Crippen molar-refractivity contribution in [1.82, 2.24) is 0 Å². The fourth-order valence-corrected chi connectivity index (χ4v) is 3.19. The van der Waals surface area contributed by atoms with Crippen LogP contribution in [-0.4, -0.2) is 25.0 Å². The second kappa shape index (κ2) is 7.04. The molecule has 0 amide bonds. The molecule has 3 aliphatic rings. The van der Waals surface area contributed by atoms with E-state index >= 15 is 0 Å². The summed E-state index contributed by atoms with van der Waals surface area (Å²) in [6.45, 7) is 8.56. The molecule has 0 fully saturated rings. The summed E-state index contributed by atoms with van der Waals surface area (Å²) in [4.78, 5) is 12.2. The van der Waals surface area contributed by atoms with Crippen LogP contribution in [-0.2, 0) is 19.0 Å². The minimum atomic E-state index is -1.06. The van der Waals surface area contributed by atoms with Gasteiger partial charge >= 0.3 is 5.97 Å². The summed E-state index contributed by atoms with van der Waals surface area (Å²) < 4.78 is 16.8. The van der Waals surface area contributed by atoms with Gasteiger partial charge in [0.1, 0.15) is 6.10 Å². The molecule has 25 heavy (non-hydrogen) atoms. The van der Waals surface area contributed by atoms with Gasteiger partial charge < -0.3 is 14.2 Å². The van der Waals surface area contributed by atoms with E-state index in [-0.39, 0.29) is 11.5 Å². The van der Waals surface area contributed by atoms with E-state index in [0.717, 1.165) is 24.0 Å². The van der Waals surface area contributed by atoms with Gasteiger partial charge in [0.15, 0.2) is 0 Å². The fourth-order valence-electron chi connectivity index (χ4n) is 3.19. The zero-order valence-electron chi connectivity index (χ0n) is 15.4. The number of carbonyl (C=O) groups is 1. The van der Waals surface area contributed by atoms with Crippen molar-refractivity contribution < 1.29 is 19.0 Å². The van der Waals surface area contributed by atoms with E-state index in [4.69, 9.17) is 14.2 Å². The molecule has 4 heteroatoms. The van der Waals surface area contributed by atoms with E-state index in [1.165, 1.54) is 11.1 Å². The Balaban J connectivity index is 2.02. The van der Waals surface area contributed by atoms with Gasteiger partial charge in [-0.1, -0.05) is 45.1 Å². The van der Waals surface area contributed by atoms with Gasteiger partial charge in [0.25, 0.3) is 6.29 Å². The average molecular weight is 342 g/mol. The summed E-state index contributed by atoms with van der Waals surface area (Å²) >= 11 is 0. The highest BCUT2D eigenvalue weighted by molar-refractivity contribution is 5.73. The molecular weight excluding hydrogens is 316 g/mol. The molecule has 0 aromatic carbocycles. The van der Waals surface area contributed by atoms with Gasteiger partial charge in [-0.3, -0.25) is 0 Å². The van der Waals surface area contributed by atoms with Crippen LogP contribution in [0.25, 0.3) is 0 Å². The van der Waals surface area contributed by atoms with Crippen LogP contribution in [0.1, 0.15) is 40.5 Å². The Morgan fingerprint density at radius 1 is 1.28 bits per heavy atom. The van der Waals surface area contributed by atoms with Crippen molar-refractivity contribution in [3.05, 3.63) is 58.9 Å². The van der Waals surface area contributed by atoms with Gasteiger partial charge in [0, 0.05) is 5.57 Å². The SMILES string of the molecule is CCOC(=O)C1OC=C2C=CCC/C2=C2\C=CC(C(C)(C)C)=CC2O1. The summed E-state index contributed by atoms with van der Waals surface area (Å²) in [6.07, 6.45) is 12.7. The molecule has 0 aromatic heterocycles. The average Bonchev–Trinajstić information content (AvgIpc) is 2.56. The number of hydrogen-bond acceptors (Lipinski definition) is 4. The molecule has 0 aromatic rings. The Morgan fingerprint density at radius 2 is 2.08 bits per heavy atom. The quantitative estimate of drug-likeness (QED) is 0.699. The maximum atomic E-state index is 12.2. The maximum absolute atomic E-state index is 12.2. The van der Waals surface area contributed by atoms with Crippen molar-refractivity contribution in [3.8, 4) is 0 Å². The molecule has 2 aliphatic carbocycles. The molecule has 0 saturated heterocycles. The van der Waals surface area contributed by atoms with Crippen molar-refractivity contribution in [2.45, 2.75) is 52.9 Å². The minimum Gasteiger partial charge on any atom is -0.461 e. The highest BCUT2D eigenvalue weighted by Gasteiger charge is 2.32. The van der Waals surface area contributed by atoms with Gasteiger partial charge in [0.05, 0.1) is 12.9 Å². The minimum absolute atomic E-state index is 0.00381. The van der Waals surface area contributed by atoms with Crippen LogP contribution < -0.4 is 0 Å². The third-order valence-electron chi connectivity index (χ3n) is 4.57. The van der Waals surface area contributed by atoms with Gasteiger partial charge in [-0.25, -0.2) is 4.79 Å². The lowest BCUT2D eigenvalue weighted by Gasteiger charge is -2.32. The Labute approximate surface area is 149 Å². The van der Waals surface area contributed by atoms with Gasteiger partial charge in [-0.05, 0) is 48.0 Å². The van der Waals surface area contributed by atoms with Crippen molar-refractivity contribution in [1.29, 1.82) is 0 Å². The molecule has 1 heterocycles. The molecule has 3 rings (SSSR count).